The van der Waals surface area contributed by atoms with Crippen molar-refractivity contribution in [2.45, 2.75) is 11.3 Å². The van der Waals surface area contributed by atoms with Crippen LogP contribution in [0, 0.1) is 10.1 Å². The molecule has 2 aromatic carbocycles. The van der Waals surface area contributed by atoms with Crippen LogP contribution >= 0.6 is 11.8 Å². The maximum atomic E-state index is 13.0. The smallest absolute Gasteiger partial charge is 0.282 e. The number of amides is 2. The molecule has 1 aliphatic heterocycles. The molecular formula is C22H22N4O4S. The number of rotatable bonds is 5. The highest BCUT2D eigenvalue weighted by Crippen LogP contribution is 2.26. The van der Waals surface area contributed by atoms with E-state index in [0.717, 1.165) is 21.4 Å². The molecule has 0 atom stereocenters. The summed E-state index contributed by atoms with van der Waals surface area (Å²) in [7, 11) is 0. The van der Waals surface area contributed by atoms with E-state index in [0.29, 0.717) is 32.6 Å². The molecule has 0 aliphatic carbocycles. The molecule has 0 unspecified atom stereocenters. The van der Waals surface area contributed by atoms with Crippen molar-refractivity contribution in [3.8, 4) is 0 Å². The molecule has 160 valence electrons. The molecule has 1 N–H and O–H groups in total. The number of nitro benzene ring substituents is 1. The molecule has 1 aromatic heterocycles. The topological polar surface area (TPSA) is 99.5 Å². The van der Waals surface area contributed by atoms with Crippen LogP contribution in [0.1, 0.15) is 15.9 Å². The molecule has 1 fully saturated rings. The second-order valence-corrected chi connectivity index (χ2v) is 8.23. The average molecular weight is 439 g/mol. The summed E-state index contributed by atoms with van der Waals surface area (Å²) < 4.78 is 0. The Morgan fingerprint density at radius 1 is 1.10 bits per heavy atom. The number of para-hydroxylation sites is 1. The third-order valence-corrected chi connectivity index (χ3v) is 6.29. The van der Waals surface area contributed by atoms with E-state index in [1.165, 1.54) is 17.8 Å². The van der Waals surface area contributed by atoms with Gasteiger partial charge in [0.1, 0.15) is 5.56 Å². The molecule has 1 saturated heterocycles. The maximum Gasteiger partial charge on any atom is 0.282 e. The van der Waals surface area contributed by atoms with Gasteiger partial charge in [0.25, 0.3) is 11.6 Å². The Labute approximate surface area is 183 Å². The van der Waals surface area contributed by atoms with Gasteiger partial charge in [0, 0.05) is 54.2 Å². The predicted molar refractivity (Wildman–Crippen MR) is 119 cm³/mol. The number of piperazine rings is 1. The largest absolute Gasteiger partial charge is 0.361 e. The lowest BCUT2D eigenvalue weighted by molar-refractivity contribution is -0.385. The molecule has 0 spiro atoms. The van der Waals surface area contributed by atoms with Crippen LogP contribution in [0.5, 0.6) is 0 Å². The van der Waals surface area contributed by atoms with Crippen LogP contribution in [-0.2, 0) is 11.2 Å². The minimum atomic E-state index is -0.529. The number of nitrogens with zero attached hydrogens (tertiary/aromatic N) is 3. The normalized spacial score (nSPS) is 14.1. The first-order valence-corrected chi connectivity index (χ1v) is 11.1. The zero-order valence-electron chi connectivity index (χ0n) is 17.0. The Morgan fingerprint density at radius 3 is 2.52 bits per heavy atom. The van der Waals surface area contributed by atoms with E-state index in [4.69, 9.17) is 0 Å². The van der Waals surface area contributed by atoms with Crippen molar-refractivity contribution in [2.24, 2.45) is 0 Å². The second kappa shape index (κ2) is 8.81. The fourth-order valence-electron chi connectivity index (χ4n) is 3.85. The zero-order chi connectivity index (χ0) is 22.0. The second-order valence-electron chi connectivity index (χ2n) is 7.35. The van der Waals surface area contributed by atoms with Crippen LogP contribution in [-0.4, -0.2) is 64.0 Å². The Hall–Kier alpha value is -3.33. The molecule has 1 aliphatic rings. The maximum absolute atomic E-state index is 13.0. The Morgan fingerprint density at radius 2 is 1.81 bits per heavy atom. The number of nitro groups is 1. The number of benzene rings is 2. The highest BCUT2D eigenvalue weighted by molar-refractivity contribution is 7.98. The van der Waals surface area contributed by atoms with Gasteiger partial charge in [-0.05, 0) is 30.0 Å². The summed E-state index contributed by atoms with van der Waals surface area (Å²) in [6.45, 7) is 1.50. The van der Waals surface area contributed by atoms with E-state index >= 15 is 0 Å². The van der Waals surface area contributed by atoms with Crippen LogP contribution in [0.4, 0.5) is 5.69 Å². The fourth-order valence-corrected chi connectivity index (χ4v) is 4.29. The fraction of sp³-hybridized carbons (Fsp3) is 0.273. The van der Waals surface area contributed by atoms with Gasteiger partial charge in [-0.1, -0.05) is 18.2 Å². The zero-order valence-corrected chi connectivity index (χ0v) is 17.9. The minimum absolute atomic E-state index is 0.00668. The molecule has 0 saturated carbocycles. The Balaban J connectivity index is 1.42. The summed E-state index contributed by atoms with van der Waals surface area (Å²) in [5.41, 5.74) is 1.84. The quantitative estimate of drug-likeness (QED) is 0.374. The number of carbonyl (C=O) groups is 2. The summed E-state index contributed by atoms with van der Waals surface area (Å²) in [5, 5.41) is 12.4. The number of hydrogen-bond acceptors (Lipinski definition) is 5. The van der Waals surface area contributed by atoms with E-state index < -0.39 is 4.92 Å². The molecule has 0 bridgehead atoms. The molecular weight excluding hydrogens is 416 g/mol. The molecule has 0 radical (unpaired) electrons. The Bertz CT molecular complexity index is 1150. The average Bonchev–Trinajstić information content (AvgIpc) is 3.21. The molecule has 9 heteroatoms. The lowest BCUT2D eigenvalue weighted by Gasteiger charge is -2.34. The summed E-state index contributed by atoms with van der Waals surface area (Å²) in [6.07, 6.45) is 4.01. The van der Waals surface area contributed by atoms with Crippen molar-refractivity contribution in [1.82, 2.24) is 14.8 Å². The van der Waals surface area contributed by atoms with E-state index in [1.54, 1.807) is 21.9 Å². The minimum Gasteiger partial charge on any atom is -0.361 e. The lowest BCUT2D eigenvalue weighted by atomic mass is 10.1. The molecule has 31 heavy (non-hydrogen) atoms. The van der Waals surface area contributed by atoms with Crippen LogP contribution in [0.15, 0.2) is 53.6 Å². The van der Waals surface area contributed by atoms with Gasteiger partial charge >= 0.3 is 0 Å². The monoisotopic (exact) mass is 438 g/mol. The standard InChI is InChI=1S/C22H22N4O4S/c1-31-16-6-7-20(26(29)30)18(13-16)22(28)25-10-8-24(9-11-25)21(27)12-15-14-23-19-5-3-2-4-17(15)19/h2-7,13-14,23H,8-12H2,1H3. The van der Waals surface area contributed by atoms with Crippen molar-refractivity contribution in [1.29, 1.82) is 0 Å². The van der Waals surface area contributed by atoms with Crippen molar-refractivity contribution < 1.29 is 14.5 Å². The van der Waals surface area contributed by atoms with Crippen molar-refractivity contribution in [2.75, 3.05) is 32.4 Å². The van der Waals surface area contributed by atoms with E-state index in [1.807, 2.05) is 36.7 Å². The number of aromatic amines is 1. The number of hydrogen-bond donors (Lipinski definition) is 1. The number of carbonyl (C=O) groups excluding carboxylic acids is 2. The summed E-state index contributed by atoms with van der Waals surface area (Å²) >= 11 is 1.43. The summed E-state index contributed by atoms with van der Waals surface area (Å²) in [5.74, 6) is -0.362. The molecule has 2 heterocycles. The van der Waals surface area contributed by atoms with Crippen LogP contribution < -0.4 is 0 Å². The molecule has 8 nitrogen and oxygen atoms in total. The van der Waals surface area contributed by atoms with Gasteiger partial charge in [-0.15, -0.1) is 11.8 Å². The van der Waals surface area contributed by atoms with Crippen LogP contribution in [0.3, 0.4) is 0 Å². The van der Waals surface area contributed by atoms with Gasteiger partial charge in [-0.25, -0.2) is 0 Å². The first kappa shape index (κ1) is 20.9. The highest BCUT2D eigenvalue weighted by Gasteiger charge is 2.29. The third-order valence-electron chi connectivity index (χ3n) is 5.57. The van der Waals surface area contributed by atoms with Crippen LogP contribution in [0.2, 0.25) is 0 Å². The van der Waals surface area contributed by atoms with Crippen molar-refractivity contribution in [3.63, 3.8) is 0 Å². The molecule has 2 amide bonds. The van der Waals surface area contributed by atoms with E-state index in [-0.39, 0.29) is 23.1 Å². The van der Waals surface area contributed by atoms with Gasteiger partial charge in [-0.3, -0.25) is 19.7 Å². The number of nitrogens with one attached hydrogen (secondary N) is 1. The summed E-state index contributed by atoms with van der Waals surface area (Å²) in [4.78, 5) is 43.9. The van der Waals surface area contributed by atoms with Gasteiger partial charge in [0.2, 0.25) is 5.91 Å². The Kier molecular flexibility index (Phi) is 5.94. The summed E-state index contributed by atoms with van der Waals surface area (Å²) in [6, 6.07) is 12.4. The van der Waals surface area contributed by atoms with Gasteiger partial charge in [0.15, 0.2) is 0 Å². The first-order valence-electron chi connectivity index (χ1n) is 9.92. The molecule has 4 rings (SSSR count). The highest BCUT2D eigenvalue weighted by atomic mass is 32.2. The third kappa shape index (κ3) is 4.27. The van der Waals surface area contributed by atoms with Gasteiger partial charge in [0.05, 0.1) is 11.3 Å². The number of aromatic nitrogens is 1. The predicted octanol–water partition coefficient (Wildman–Crippen LogP) is 3.33. The van der Waals surface area contributed by atoms with E-state index in [2.05, 4.69) is 4.98 Å². The molecule has 3 aromatic rings. The lowest BCUT2D eigenvalue weighted by Crippen LogP contribution is -2.51. The first-order chi connectivity index (χ1) is 15.0. The number of fused-ring (bicyclic) bond motifs is 1. The van der Waals surface area contributed by atoms with Crippen molar-refractivity contribution in [3.05, 3.63) is 69.9 Å². The van der Waals surface area contributed by atoms with Gasteiger partial charge < -0.3 is 14.8 Å². The number of thioether (sulfide) groups is 1. The number of H-pyrrole nitrogens is 1. The SMILES string of the molecule is CSc1ccc([N+](=O)[O-])c(C(=O)N2CCN(C(=O)Cc3c[nH]c4ccccc34)CC2)c1. The van der Waals surface area contributed by atoms with Gasteiger partial charge in [-0.2, -0.15) is 0 Å². The van der Waals surface area contributed by atoms with E-state index in [9.17, 15) is 19.7 Å². The van der Waals surface area contributed by atoms with Crippen LogP contribution in [0.25, 0.3) is 10.9 Å². The van der Waals surface area contributed by atoms with Crippen molar-refractivity contribution >= 4 is 40.2 Å².